The fourth-order valence-electron chi connectivity index (χ4n) is 1.93. The van der Waals surface area contributed by atoms with Gasteiger partial charge >= 0.3 is 0 Å². The van der Waals surface area contributed by atoms with Gasteiger partial charge in [0.15, 0.2) is 0 Å². The molecule has 0 amide bonds. The van der Waals surface area contributed by atoms with Crippen molar-refractivity contribution in [1.82, 2.24) is 4.98 Å². The van der Waals surface area contributed by atoms with Gasteiger partial charge in [0.2, 0.25) is 0 Å². The molecule has 15 heavy (non-hydrogen) atoms. The van der Waals surface area contributed by atoms with Crippen LogP contribution in [0.2, 0.25) is 0 Å². The Morgan fingerprint density at radius 2 is 2.13 bits per heavy atom. The molecule has 1 fully saturated rings. The van der Waals surface area contributed by atoms with E-state index in [2.05, 4.69) is 20.9 Å². The first-order valence-electron chi connectivity index (χ1n) is 5.23. The van der Waals surface area contributed by atoms with Gasteiger partial charge in [-0.25, -0.2) is 4.98 Å². The van der Waals surface area contributed by atoms with Gasteiger partial charge in [-0.15, -0.1) is 0 Å². The molecule has 1 aromatic rings. The Kier molecular flexibility index (Phi) is 3.72. The molecule has 2 heterocycles. The molecule has 0 radical (unpaired) electrons. The highest BCUT2D eigenvalue weighted by molar-refractivity contribution is 9.10. The number of rotatable bonds is 2. The summed E-state index contributed by atoms with van der Waals surface area (Å²) in [5.41, 5.74) is 7.17. The van der Waals surface area contributed by atoms with Crippen LogP contribution in [-0.4, -0.2) is 18.2 Å². The minimum atomic E-state index is 0.0337. The zero-order valence-corrected chi connectivity index (χ0v) is 10.1. The van der Waals surface area contributed by atoms with Crippen molar-refractivity contribution >= 4 is 15.9 Å². The van der Waals surface area contributed by atoms with Crippen molar-refractivity contribution in [3.8, 4) is 0 Å². The molecule has 2 rings (SSSR count). The second-order valence-corrected chi connectivity index (χ2v) is 4.67. The molecule has 3 nitrogen and oxygen atoms in total. The number of nitrogens with zero attached hydrogens (tertiary/aromatic N) is 1. The topological polar surface area (TPSA) is 48.1 Å². The summed E-state index contributed by atoms with van der Waals surface area (Å²) in [6.45, 7) is 1.65. The molecule has 1 aromatic heterocycles. The van der Waals surface area contributed by atoms with E-state index in [1.54, 1.807) is 0 Å². The SMILES string of the molecule is N[C@@H](c1cccc(Br)n1)C1CCOCC1. The van der Waals surface area contributed by atoms with E-state index in [9.17, 15) is 0 Å². The van der Waals surface area contributed by atoms with Crippen molar-refractivity contribution in [1.29, 1.82) is 0 Å². The predicted molar refractivity (Wildman–Crippen MR) is 62.4 cm³/mol. The van der Waals surface area contributed by atoms with Crippen molar-refractivity contribution in [2.45, 2.75) is 18.9 Å². The molecule has 1 saturated heterocycles. The number of pyridine rings is 1. The number of aromatic nitrogens is 1. The highest BCUT2D eigenvalue weighted by Crippen LogP contribution is 2.27. The smallest absolute Gasteiger partial charge is 0.106 e. The lowest BCUT2D eigenvalue weighted by molar-refractivity contribution is 0.0579. The summed E-state index contributed by atoms with van der Waals surface area (Å²) in [7, 11) is 0. The highest BCUT2D eigenvalue weighted by atomic mass is 79.9. The van der Waals surface area contributed by atoms with Crippen molar-refractivity contribution in [2.24, 2.45) is 11.7 Å². The molecule has 0 aliphatic carbocycles. The first-order valence-corrected chi connectivity index (χ1v) is 6.02. The maximum atomic E-state index is 6.20. The van der Waals surface area contributed by atoms with Crippen molar-refractivity contribution in [2.75, 3.05) is 13.2 Å². The van der Waals surface area contributed by atoms with Gasteiger partial charge in [0.25, 0.3) is 0 Å². The Balaban J connectivity index is 2.08. The lowest BCUT2D eigenvalue weighted by atomic mass is 9.90. The van der Waals surface area contributed by atoms with E-state index < -0.39 is 0 Å². The van der Waals surface area contributed by atoms with Crippen molar-refractivity contribution < 1.29 is 4.74 Å². The summed E-state index contributed by atoms with van der Waals surface area (Å²) in [5.74, 6) is 0.501. The van der Waals surface area contributed by atoms with Gasteiger partial charge in [0.05, 0.1) is 11.7 Å². The molecule has 2 N–H and O–H groups in total. The third-order valence-electron chi connectivity index (χ3n) is 2.85. The number of hydrogen-bond donors (Lipinski definition) is 1. The predicted octanol–water partition coefficient (Wildman–Crippen LogP) is 2.27. The lowest BCUT2D eigenvalue weighted by Gasteiger charge is -2.27. The van der Waals surface area contributed by atoms with E-state index >= 15 is 0 Å². The quantitative estimate of drug-likeness (QED) is 0.839. The molecule has 0 aromatic carbocycles. The lowest BCUT2D eigenvalue weighted by Crippen LogP contribution is -2.28. The molecule has 0 unspecified atom stereocenters. The number of halogens is 1. The average Bonchev–Trinajstić information content (AvgIpc) is 2.29. The molecule has 0 spiro atoms. The van der Waals surface area contributed by atoms with Gasteiger partial charge in [-0.1, -0.05) is 6.07 Å². The number of ether oxygens (including phenoxy) is 1. The Labute approximate surface area is 98.2 Å². The van der Waals surface area contributed by atoms with Crippen LogP contribution in [0.1, 0.15) is 24.6 Å². The maximum absolute atomic E-state index is 6.20. The fourth-order valence-corrected chi connectivity index (χ4v) is 2.28. The van der Waals surface area contributed by atoms with E-state index in [4.69, 9.17) is 10.5 Å². The van der Waals surface area contributed by atoms with E-state index in [1.807, 2.05) is 18.2 Å². The van der Waals surface area contributed by atoms with E-state index in [-0.39, 0.29) is 6.04 Å². The second-order valence-electron chi connectivity index (χ2n) is 3.86. The van der Waals surface area contributed by atoms with Crippen LogP contribution in [0.25, 0.3) is 0 Å². The summed E-state index contributed by atoms with van der Waals surface area (Å²) in [5, 5.41) is 0. The third-order valence-corrected chi connectivity index (χ3v) is 3.29. The Morgan fingerprint density at radius 3 is 2.80 bits per heavy atom. The molecular formula is C11H15BrN2O. The Morgan fingerprint density at radius 1 is 1.40 bits per heavy atom. The van der Waals surface area contributed by atoms with Crippen LogP contribution in [-0.2, 0) is 4.74 Å². The first-order chi connectivity index (χ1) is 7.27. The van der Waals surface area contributed by atoms with Gasteiger partial charge < -0.3 is 10.5 Å². The number of nitrogens with two attached hydrogens (primary N) is 1. The molecule has 4 heteroatoms. The molecule has 1 aliphatic heterocycles. The zero-order chi connectivity index (χ0) is 10.7. The van der Waals surface area contributed by atoms with Crippen LogP contribution in [0, 0.1) is 5.92 Å². The van der Waals surface area contributed by atoms with Crippen LogP contribution in [0.5, 0.6) is 0 Å². The molecule has 0 saturated carbocycles. The summed E-state index contributed by atoms with van der Waals surface area (Å²) < 4.78 is 6.17. The third kappa shape index (κ3) is 2.77. The fraction of sp³-hybridized carbons (Fsp3) is 0.545. The minimum absolute atomic E-state index is 0.0337. The van der Waals surface area contributed by atoms with Gasteiger partial charge in [0.1, 0.15) is 4.60 Å². The summed E-state index contributed by atoms with van der Waals surface area (Å²) in [6.07, 6.45) is 2.07. The first kappa shape index (κ1) is 11.0. The maximum Gasteiger partial charge on any atom is 0.106 e. The molecule has 1 atom stereocenters. The van der Waals surface area contributed by atoms with Gasteiger partial charge in [-0.05, 0) is 46.8 Å². The van der Waals surface area contributed by atoms with Crippen LogP contribution in [0.3, 0.4) is 0 Å². The molecular weight excluding hydrogens is 256 g/mol. The van der Waals surface area contributed by atoms with Gasteiger partial charge in [0, 0.05) is 13.2 Å². The summed E-state index contributed by atoms with van der Waals surface area (Å²) in [4.78, 5) is 4.40. The monoisotopic (exact) mass is 270 g/mol. The van der Waals surface area contributed by atoms with Gasteiger partial charge in [-0.2, -0.15) is 0 Å². The van der Waals surface area contributed by atoms with Gasteiger partial charge in [-0.3, -0.25) is 0 Å². The largest absolute Gasteiger partial charge is 0.381 e. The second kappa shape index (κ2) is 5.05. The molecule has 82 valence electrons. The normalized spacial score (nSPS) is 20.1. The summed E-state index contributed by atoms with van der Waals surface area (Å²) >= 11 is 3.36. The Bertz CT molecular complexity index is 326. The number of hydrogen-bond acceptors (Lipinski definition) is 3. The Hall–Kier alpha value is -0.450. The van der Waals surface area contributed by atoms with E-state index in [1.165, 1.54) is 0 Å². The minimum Gasteiger partial charge on any atom is -0.381 e. The van der Waals surface area contributed by atoms with Crippen LogP contribution < -0.4 is 5.73 Å². The van der Waals surface area contributed by atoms with Crippen LogP contribution in [0.4, 0.5) is 0 Å². The average molecular weight is 271 g/mol. The molecule has 0 bridgehead atoms. The van der Waals surface area contributed by atoms with Crippen LogP contribution >= 0.6 is 15.9 Å². The van der Waals surface area contributed by atoms with Crippen molar-refractivity contribution in [3.63, 3.8) is 0 Å². The molecule has 1 aliphatic rings. The van der Waals surface area contributed by atoms with E-state index in [0.717, 1.165) is 36.4 Å². The van der Waals surface area contributed by atoms with Crippen molar-refractivity contribution in [3.05, 3.63) is 28.5 Å². The zero-order valence-electron chi connectivity index (χ0n) is 8.53. The van der Waals surface area contributed by atoms with Crippen LogP contribution in [0.15, 0.2) is 22.8 Å². The van der Waals surface area contributed by atoms with E-state index in [0.29, 0.717) is 5.92 Å². The summed E-state index contributed by atoms with van der Waals surface area (Å²) in [6, 6.07) is 5.92. The standard InChI is InChI=1S/C11H15BrN2O/c12-10-3-1-2-9(14-10)11(13)8-4-6-15-7-5-8/h1-3,8,11H,4-7,13H2/t11-/m1/s1. The highest BCUT2D eigenvalue weighted by Gasteiger charge is 2.23.